The van der Waals surface area contributed by atoms with Gasteiger partial charge in [0.05, 0.1) is 0 Å². The van der Waals surface area contributed by atoms with Gasteiger partial charge in [-0.15, -0.1) is 0 Å². The molecule has 2 heterocycles. The van der Waals surface area contributed by atoms with Gasteiger partial charge in [-0.1, -0.05) is 0 Å². The number of likely N-dealkylation sites (N-methyl/N-ethyl adjacent to an activating group) is 1. The lowest BCUT2D eigenvalue weighted by Crippen LogP contribution is -2.50. The average molecular weight is 236 g/mol. The van der Waals surface area contributed by atoms with Crippen LogP contribution in [0.25, 0.3) is 0 Å². The molecule has 2 rings (SSSR count). The molecule has 0 aromatic carbocycles. The van der Waals surface area contributed by atoms with Crippen LogP contribution in [0.5, 0.6) is 0 Å². The van der Waals surface area contributed by atoms with Crippen LogP contribution in [0.4, 0.5) is 0 Å². The molecule has 1 aromatic rings. The van der Waals surface area contributed by atoms with Crippen LogP contribution in [0, 0.1) is 0 Å². The Labute approximate surface area is 102 Å². The molecule has 1 saturated heterocycles. The van der Waals surface area contributed by atoms with Gasteiger partial charge in [-0.05, 0) is 18.7 Å². The topological polar surface area (TPSA) is 60.2 Å². The highest BCUT2D eigenvalue weighted by molar-refractivity contribution is 5.76. The fraction of sp³-hybridized carbons (Fsp3) is 0.583. The third kappa shape index (κ3) is 3.87. The van der Waals surface area contributed by atoms with E-state index in [0.717, 1.165) is 25.2 Å². The number of nitrogens with one attached hydrogen (secondary N) is 3. The third-order valence-corrected chi connectivity index (χ3v) is 3.04. The highest BCUT2D eigenvalue weighted by Crippen LogP contribution is 2.01. The Balaban J connectivity index is 1.70. The van der Waals surface area contributed by atoms with E-state index in [4.69, 9.17) is 0 Å². The molecule has 1 aliphatic rings. The summed E-state index contributed by atoms with van der Waals surface area (Å²) in [6, 6.07) is 2.24. The predicted octanol–water partition coefficient (Wildman–Crippen LogP) is -0.0754. The van der Waals surface area contributed by atoms with Crippen LogP contribution < -0.4 is 10.6 Å². The summed E-state index contributed by atoms with van der Waals surface area (Å²) in [5, 5.41) is 6.29. The first kappa shape index (κ1) is 12.1. The van der Waals surface area contributed by atoms with Crippen LogP contribution in [0.15, 0.2) is 18.5 Å². The Kier molecular flexibility index (Phi) is 4.17. The maximum atomic E-state index is 11.7. The molecule has 1 aliphatic heterocycles. The van der Waals surface area contributed by atoms with Crippen molar-refractivity contribution < 1.29 is 4.79 Å². The Morgan fingerprint density at radius 1 is 1.65 bits per heavy atom. The Bertz CT molecular complexity index is 349. The average Bonchev–Trinajstić information content (AvgIpc) is 2.79. The van der Waals surface area contributed by atoms with E-state index in [1.54, 1.807) is 0 Å². The first-order valence-electron chi connectivity index (χ1n) is 6.04. The molecule has 5 heteroatoms. The quantitative estimate of drug-likeness (QED) is 0.685. The van der Waals surface area contributed by atoms with Gasteiger partial charge in [-0.2, -0.15) is 0 Å². The second-order valence-corrected chi connectivity index (χ2v) is 4.61. The van der Waals surface area contributed by atoms with Gasteiger partial charge in [-0.3, -0.25) is 4.79 Å². The number of rotatable bonds is 4. The normalized spacial score (nSPS) is 21.4. The monoisotopic (exact) mass is 236 g/mol. The van der Waals surface area contributed by atoms with E-state index in [0.29, 0.717) is 13.0 Å². The highest BCUT2D eigenvalue weighted by atomic mass is 16.1. The zero-order chi connectivity index (χ0) is 12.1. The number of amides is 1. The van der Waals surface area contributed by atoms with Crippen LogP contribution in [-0.4, -0.2) is 48.5 Å². The predicted molar refractivity (Wildman–Crippen MR) is 66.5 cm³/mol. The molecule has 0 aliphatic carbocycles. The standard InChI is InChI=1S/C12H20N4O/c1-16-5-4-14-11(9-16)6-12(17)15-8-10-2-3-13-7-10/h2-3,7,11,13-14H,4-6,8-9H2,1H3,(H,15,17). The minimum Gasteiger partial charge on any atom is -0.367 e. The first-order chi connectivity index (χ1) is 8.24. The van der Waals surface area contributed by atoms with Crippen molar-refractivity contribution in [3.8, 4) is 0 Å². The van der Waals surface area contributed by atoms with Gasteiger partial charge in [0.1, 0.15) is 0 Å². The number of carbonyl (C=O) groups is 1. The summed E-state index contributed by atoms with van der Waals surface area (Å²) in [6.45, 7) is 3.57. The van der Waals surface area contributed by atoms with Crippen LogP contribution in [0.1, 0.15) is 12.0 Å². The molecule has 17 heavy (non-hydrogen) atoms. The summed E-state index contributed by atoms with van der Waals surface area (Å²) in [5.41, 5.74) is 1.10. The maximum Gasteiger partial charge on any atom is 0.221 e. The molecule has 0 saturated carbocycles. The van der Waals surface area contributed by atoms with Crippen molar-refractivity contribution in [2.24, 2.45) is 0 Å². The third-order valence-electron chi connectivity index (χ3n) is 3.04. The summed E-state index contributed by atoms with van der Waals surface area (Å²) in [6.07, 6.45) is 4.31. The number of piperazine rings is 1. The van der Waals surface area contributed by atoms with Crippen molar-refractivity contribution in [2.45, 2.75) is 19.0 Å². The minimum absolute atomic E-state index is 0.110. The van der Waals surface area contributed by atoms with Crippen LogP contribution in [-0.2, 0) is 11.3 Å². The molecule has 1 amide bonds. The van der Waals surface area contributed by atoms with Crippen molar-refractivity contribution in [2.75, 3.05) is 26.7 Å². The number of hydrogen-bond donors (Lipinski definition) is 3. The van der Waals surface area contributed by atoms with Gasteiger partial charge in [0.15, 0.2) is 0 Å². The number of carbonyl (C=O) groups excluding carboxylic acids is 1. The van der Waals surface area contributed by atoms with Crippen molar-refractivity contribution in [1.29, 1.82) is 0 Å². The summed E-state index contributed by atoms with van der Waals surface area (Å²) in [4.78, 5) is 17.0. The largest absolute Gasteiger partial charge is 0.367 e. The van der Waals surface area contributed by atoms with Crippen molar-refractivity contribution >= 4 is 5.91 Å². The van der Waals surface area contributed by atoms with Crippen molar-refractivity contribution in [1.82, 2.24) is 20.5 Å². The van der Waals surface area contributed by atoms with Crippen molar-refractivity contribution in [3.05, 3.63) is 24.0 Å². The first-order valence-corrected chi connectivity index (χ1v) is 6.04. The van der Waals surface area contributed by atoms with E-state index in [1.807, 2.05) is 18.5 Å². The minimum atomic E-state index is 0.110. The van der Waals surface area contributed by atoms with Gasteiger partial charge in [0.25, 0.3) is 0 Å². The molecule has 1 aromatic heterocycles. The maximum absolute atomic E-state index is 11.7. The fourth-order valence-corrected chi connectivity index (χ4v) is 2.09. The summed E-state index contributed by atoms with van der Waals surface area (Å²) in [7, 11) is 2.09. The van der Waals surface area contributed by atoms with Crippen LogP contribution >= 0.6 is 0 Å². The van der Waals surface area contributed by atoms with Crippen molar-refractivity contribution in [3.63, 3.8) is 0 Å². The Morgan fingerprint density at radius 3 is 3.24 bits per heavy atom. The molecule has 1 unspecified atom stereocenters. The lowest BCUT2D eigenvalue weighted by Gasteiger charge is -2.30. The zero-order valence-electron chi connectivity index (χ0n) is 10.2. The van der Waals surface area contributed by atoms with Gasteiger partial charge in [0, 0.05) is 51.0 Å². The molecule has 1 atom stereocenters. The smallest absolute Gasteiger partial charge is 0.221 e. The fourth-order valence-electron chi connectivity index (χ4n) is 2.09. The van der Waals surface area contributed by atoms with E-state index in [9.17, 15) is 4.79 Å². The van der Waals surface area contributed by atoms with E-state index in [2.05, 4.69) is 27.6 Å². The summed E-state index contributed by atoms with van der Waals surface area (Å²) in [5.74, 6) is 0.110. The molecular formula is C12H20N4O. The molecule has 0 spiro atoms. The van der Waals surface area contributed by atoms with Crippen LogP contribution in [0.3, 0.4) is 0 Å². The Morgan fingerprint density at radius 2 is 2.53 bits per heavy atom. The number of hydrogen-bond acceptors (Lipinski definition) is 3. The van der Waals surface area contributed by atoms with E-state index < -0.39 is 0 Å². The lowest BCUT2D eigenvalue weighted by atomic mass is 10.1. The van der Waals surface area contributed by atoms with E-state index in [1.165, 1.54) is 0 Å². The summed E-state index contributed by atoms with van der Waals surface area (Å²) >= 11 is 0. The van der Waals surface area contributed by atoms with E-state index in [-0.39, 0.29) is 11.9 Å². The molecule has 5 nitrogen and oxygen atoms in total. The van der Waals surface area contributed by atoms with E-state index >= 15 is 0 Å². The molecular weight excluding hydrogens is 216 g/mol. The zero-order valence-corrected chi connectivity index (χ0v) is 10.2. The second kappa shape index (κ2) is 5.84. The number of H-pyrrole nitrogens is 1. The molecule has 0 bridgehead atoms. The van der Waals surface area contributed by atoms with Gasteiger partial charge in [0.2, 0.25) is 5.91 Å². The Hall–Kier alpha value is -1.33. The molecule has 1 fully saturated rings. The van der Waals surface area contributed by atoms with Gasteiger partial charge < -0.3 is 20.5 Å². The number of aromatic amines is 1. The summed E-state index contributed by atoms with van der Waals surface area (Å²) < 4.78 is 0. The second-order valence-electron chi connectivity index (χ2n) is 4.61. The van der Waals surface area contributed by atoms with Gasteiger partial charge >= 0.3 is 0 Å². The molecule has 0 radical (unpaired) electrons. The molecule has 3 N–H and O–H groups in total. The SMILES string of the molecule is CN1CCNC(CC(=O)NCc2cc[nH]c2)C1. The van der Waals surface area contributed by atoms with Gasteiger partial charge in [-0.25, -0.2) is 0 Å². The number of nitrogens with zero attached hydrogens (tertiary/aromatic N) is 1. The lowest BCUT2D eigenvalue weighted by molar-refractivity contribution is -0.121. The highest BCUT2D eigenvalue weighted by Gasteiger charge is 2.18. The molecule has 94 valence electrons. The van der Waals surface area contributed by atoms with Crippen LogP contribution in [0.2, 0.25) is 0 Å². The number of aromatic nitrogens is 1.